The predicted octanol–water partition coefficient (Wildman–Crippen LogP) is -0.406. The van der Waals surface area contributed by atoms with Gasteiger partial charge in [-0.05, 0) is 25.9 Å². The first-order valence-electron chi connectivity index (χ1n) is 7.74. The molecule has 6 heteroatoms. The second-order valence-corrected chi connectivity index (χ2v) is 5.37. The number of carbonyl (C=O) groups is 1. The van der Waals surface area contributed by atoms with Crippen molar-refractivity contribution in [2.45, 2.75) is 25.4 Å². The minimum atomic E-state index is 0.0900. The van der Waals surface area contributed by atoms with Gasteiger partial charge >= 0.3 is 0 Å². The van der Waals surface area contributed by atoms with Crippen LogP contribution >= 0.6 is 0 Å². The lowest BCUT2D eigenvalue weighted by molar-refractivity contribution is -0.122. The first-order chi connectivity index (χ1) is 9.84. The molecule has 0 unspecified atom stereocenters. The molecule has 0 atom stereocenters. The molecule has 2 fully saturated rings. The van der Waals surface area contributed by atoms with E-state index in [1.165, 1.54) is 0 Å². The van der Waals surface area contributed by atoms with E-state index in [9.17, 15) is 4.79 Å². The molecule has 2 aliphatic rings. The van der Waals surface area contributed by atoms with Gasteiger partial charge in [-0.15, -0.1) is 0 Å². The standard InChI is InChI=1S/C14H27N3O3/c18-14(3-10-20-13-1-4-15-5-2-13)16-6-7-17-8-11-19-12-9-17/h13,15H,1-12H2,(H,16,18). The highest BCUT2D eigenvalue weighted by molar-refractivity contribution is 5.75. The molecule has 0 aromatic carbocycles. The second-order valence-electron chi connectivity index (χ2n) is 5.37. The molecule has 1 amide bonds. The van der Waals surface area contributed by atoms with Crippen LogP contribution in [-0.4, -0.2) is 76.0 Å². The third-order valence-electron chi connectivity index (χ3n) is 3.82. The fourth-order valence-corrected chi connectivity index (χ4v) is 2.55. The summed E-state index contributed by atoms with van der Waals surface area (Å²) in [5, 5.41) is 6.25. The molecule has 2 aliphatic heterocycles. The number of hydrogen-bond donors (Lipinski definition) is 2. The predicted molar refractivity (Wildman–Crippen MR) is 76.7 cm³/mol. The van der Waals surface area contributed by atoms with E-state index in [2.05, 4.69) is 15.5 Å². The monoisotopic (exact) mass is 285 g/mol. The summed E-state index contributed by atoms with van der Waals surface area (Å²) >= 11 is 0. The summed E-state index contributed by atoms with van der Waals surface area (Å²) in [6.07, 6.45) is 2.90. The molecule has 0 aliphatic carbocycles. The van der Waals surface area contributed by atoms with Crippen LogP contribution < -0.4 is 10.6 Å². The lowest BCUT2D eigenvalue weighted by Gasteiger charge is -2.26. The van der Waals surface area contributed by atoms with E-state index in [0.29, 0.717) is 25.7 Å². The van der Waals surface area contributed by atoms with Crippen LogP contribution in [0.4, 0.5) is 0 Å². The van der Waals surface area contributed by atoms with Gasteiger partial charge in [-0.1, -0.05) is 0 Å². The van der Waals surface area contributed by atoms with E-state index < -0.39 is 0 Å². The zero-order chi connectivity index (χ0) is 14.0. The van der Waals surface area contributed by atoms with Gasteiger partial charge in [-0.3, -0.25) is 9.69 Å². The number of ether oxygens (including phenoxy) is 2. The second kappa shape index (κ2) is 9.28. The highest BCUT2D eigenvalue weighted by Gasteiger charge is 2.14. The summed E-state index contributed by atoms with van der Waals surface area (Å²) in [6.45, 7) is 7.75. The number of rotatable bonds is 7. The number of morpholine rings is 1. The van der Waals surface area contributed by atoms with Crippen molar-refractivity contribution in [3.8, 4) is 0 Å². The molecule has 0 aromatic rings. The average Bonchev–Trinajstić information content (AvgIpc) is 2.49. The highest BCUT2D eigenvalue weighted by atomic mass is 16.5. The maximum atomic E-state index is 11.7. The summed E-state index contributed by atoms with van der Waals surface area (Å²) < 4.78 is 11.0. The normalized spacial score (nSPS) is 21.8. The van der Waals surface area contributed by atoms with E-state index >= 15 is 0 Å². The first-order valence-corrected chi connectivity index (χ1v) is 7.74. The number of hydrogen-bond acceptors (Lipinski definition) is 5. The molecule has 20 heavy (non-hydrogen) atoms. The number of nitrogens with one attached hydrogen (secondary N) is 2. The van der Waals surface area contributed by atoms with E-state index in [1.807, 2.05) is 0 Å². The van der Waals surface area contributed by atoms with Gasteiger partial charge in [-0.2, -0.15) is 0 Å². The van der Waals surface area contributed by atoms with Crippen molar-refractivity contribution < 1.29 is 14.3 Å². The number of nitrogens with zero attached hydrogens (tertiary/aromatic N) is 1. The third-order valence-corrected chi connectivity index (χ3v) is 3.82. The summed E-state index contributed by atoms with van der Waals surface area (Å²) in [6, 6.07) is 0. The third kappa shape index (κ3) is 6.17. The van der Waals surface area contributed by atoms with Crippen LogP contribution in [-0.2, 0) is 14.3 Å². The van der Waals surface area contributed by atoms with E-state index in [1.54, 1.807) is 0 Å². The first kappa shape index (κ1) is 15.7. The molecule has 2 saturated heterocycles. The summed E-state index contributed by atoms with van der Waals surface area (Å²) in [5.41, 5.74) is 0. The fourth-order valence-electron chi connectivity index (χ4n) is 2.55. The zero-order valence-corrected chi connectivity index (χ0v) is 12.2. The zero-order valence-electron chi connectivity index (χ0n) is 12.2. The van der Waals surface area contributed by atoms with Crippen molar-refractivity contribution in [1.82, 2.24) is 15.5 Å². The Morgan fingerprint density at radius 3 is 2.80 bits per heavy atom. The minimum Gasteiger partial charge on any atom is -0.379 e. The van der Waals surface area contributed by atoms with Gasteiger partial charge in [0.05, 0.1) is 25.9 Å². The quantitative estimate of drug-likeness (QED) is 0.666. The van der Waals surface area contributed by atoms with E-state index in [4.69, 9.17) is 9.47 Å². The van der Waals surface area contributed by atoms with Gasteiger partial charge in [0.15, 0.2) is 0 Å². The Kier molecular flexibility index (Phi) is 7.28. The van der Waals surface area contributed by atoms with Crippen LogP contribution in [0.25, 0.3) is 0 Å². The molecule has 6 nitrogen and oxygen atoms in total. The fraction of sp³-hybridized carbons (Fsp3) is 0.929. The van der Waals surface area contributed by atoms with Crippen LogP contribution in [0.1, 0.15) is 19.3 Å². The van der Waals surface area contributed by atoms with Crippen LogP contribution in [0.2, 0.25) is 0 Å². The van der Waals surface area contributed by atoms with Gasteiger partial charge < -0.3 is 20.1 Å². The van der Waals surface area contributed by atoms with Crippen molar-refractivity contribution >= 4 is 5.91 Å². The maximum Gasteiger partial charge on any atom is 0.222 e. The highest BCUT2D eigenvalue weighted by Crippen LogP contribution is 2.07. The Hall–Kier alpha value is -0.690. The van der Waals surface area contributed by atoms with E-state index in [0.717, 1.165) is 58.8 Å². The largest absolute Gasteiger partial charge is 0.379 e. The smallest absolute Gasteiger partial charge is 0.222 e. The molecule has 2 N–H and O–H groups in total. The Bertz CT molecular complexity index is 251. The van der Waals surface area contributed by atoms with E-state index in [-0.39, 0.29) is 5.91 Å². The Balaban J connectivity index is 1.45. The maximum absolute atomic E-state index is 11.7. The number of amides is 1. The summed E-state index contributed by atoms with van der Waals surface area (Å²) in [5.74, 6) is 0.0900. The van der Waals surface area contributed by atoms with Gasteiger partial charge in [0.1, 0.15) is 0 Å². The van der Waals surface area contributed by atoms with Crippen molar-refractivity contribution in [2.75, 3.05) is 59.1 Å². The molecular formula is C14H27N3O3. The molecule has 116 valence electrons. The number of carbonyl (C=O) groups excluding carboxylic acids is 1. The molecule has 0 radical (unpaired) electrons. The molecule has 0 spiro atoms. The van der Waals surface area contributed by atoms with Gasteiger partial charge in [-0.25, -0.2) is 0 Å². The topological polar surface area (TPSA) is 62.8 Å². The van der Waals surface area contributed by atoms with Crippen molar-refractivity contribution in [2.24, 2.45) is 0 Å². The lowest BCUT2D eigenvalue weighted by Crippen LogP contribution is -2.41. The minimum absolute atomic E-state index is 0.0900. The van der Waals surface area contributed by atoms with Crippen molar-refractivity contribution in [3.63, 3.8) is 0 Å². The molecule has 2 rings (SSSR count). The number of piperidine rings is 1. The molecule has 0 aromatic heterocycles. The average molecular weight is 285 g/mol. The van der Waals surface area contributed by atoms with Crippen molar-refractivity contribution in [1.29, 1.82) is 0 Å². The van der Waals surface area contributed by atoms with Crippen molar-refractivity contribution in [3.05, 3.63) is 0 Å². The van der Waals surface area contributed by atoms with Gasteiger partial charge in [0.25, 0.3) is 0 Å². The summed E-state index contributed by atoms with van der Waals surface area (Å²) in [7, 11) is 0. The van der Waals surface area contributed by atoms with Crippen LogP contribution in [0.3, 0.4) is 0 Å². The molecule has 0 bridgehead atoms. The Morgan fingerprint density at radius 1 is 1.30 bits per heavy atom. The molecule has 0 saturated carbocycles. The Labute approximate surface area is 121 Å². The lowest BCUT2D eigenvalue weighted by atomic mass is 10.1. The van der Waals surface area contributed by atoms with Crippen LogP contribution in [0, 0.1) is 0 Å². The van der Waals surface area contributed by atoms with Crippen LogP contribution in [0.15, 0.2) is 0 Å². The SMILES string of the molecule is O=C(CCOC1CCNCC1)NCCN1CCOCC1. The summed E-state index contributed by atoms with van der Waals surface area (Å²) in [4.78, 5) is 14.0. The Morgan fingerprint density at radius 2 is 2.05 bits per heavy atom. The molecule has 2 heterocycles. The van der Waals surface area contributed by atoms with Gasteiger partial charge in [0, 0.05) is 32.6 Å². The van der Waals surface area contributed by atoms with Crippen LogP contribution in [0.5, 0.6) is 0 Å². The molecular weight excluding hydrogens is 258 g/mol. The van der Waals surface area contributed by atoms with Gasteiger partial charge in [0.2, 0.25) is 5.91 Å².